The molecule has 0 aliphatic heterocycles. The summed E-state index contributed by atoms with van der Waals surface area (Å²) in [4.78, 5) is 12.0. The molecule has 102 valence electrons. The fraction of sp³-hybridized carbons (Fsp3) is 0.250. The van der Waals surface area contributed by atoms with E-state index in [9.17, 15) is 4.79 Å². The lowest BCUT2D eigenvalue weighted by molar-refractivity contribution is 0.629. The third-order valence-electron chi connectivity index (χ3n) is 3.15. The van der Waals surface area contributed by atoms with Gasteiger partial charge in [0, 0.05) is 10.9 Å². The molecule has 0 amide bonds. The van der Waals surface area contributed by atoms with E-state index in [1.807, 2.05) is 36.4 Å². The first kappa shape index (κ1) is 12.7. The Morgan fingerprint density at radius 1 is 1.05 bits per heavy atom. The highest BCUT2D eigenvalue weighted by Gasteiger charge is 2.14. The fourth-order valence-electron chi connectivity index (χ4n) is 2.30. The smallest absolute Gasteiger partial charge is 0.272 e. The second-order valence-electron chi connectivity index (χ2n) is 6.02. The zero-order valence-electron chi connectivity index (χ0n) is 11.8. The molecule has 1 aromatic heterocycles. The van der Waals surface area contributed by atoms with Gasteiger partial charge in [-0.15, -0.1) is 0 Å². The number of nitrogens with one attached hydrogen (secondary N) is 2. The molecular formula is C16H17N3O. The van der Waals surface area contributed by atoms with Crippen molar-refractivity contribution in [3.05, 3.63) is 46.8 Å². The van der Waals surface area contributed by atoms with Crippen molar-refractivity contribution in [3.8, 4) is 0 Å². The maximum Gasteiger partial charge on any atom is 0.272 e. The van der Waals surface area contributed by atoms with Crippen molar-refractivity contribution in [2.24, 2.45) is 0 Å². The molecule has 0 saturated carbocycles. The first-order chi connectivity index (χ1) is 9.44. The molecule has 0 bridgehead atoms. The molecule has 1 heterocycles. The maximum atomic E-state index is 12.0. The topological polar surface area (TPSA) is 57.8 Å². The largest absolute Gasteiger partial charge is 0.364 e. The van der Waals surface area contributed by atoms with E-state index in [2.05, 4.69) is 36.3 Å². The lowest BCUT2D eigenvalue weighted by atomic mass is 10.0. The molecular weight excluding hydrogens is 250 g/mol. The SMILES string of the molecule is CC(C)(C)Nc1n[nH]c(=O)c2cc3ccccc3cc12. The summed E-state index contributed by atoms with van der Waals surface area (Å²) in [6.07, 6.45) is 0. The summed E-state index contributed by atoms with van der Waals surface area (Å²) in [6.45, 7) is 6.19. The lowest BCUT2D eigenvalue weighted by Gasteiger charge is -2.22. The molecule has 0 fully saturated rings. The van der Waals surface area contributed by atoms with E-state index >= 15 is 0 Å². The minimum absolute atomic E-state index is 0.121. The van der Waals surface area contributed by atoms with E-state index in [-0.39, 0.29) is 11.1 Å². The van der Waals surface area contributed by atoms with Gasteiger partial charge in [-0.1, -0.05) is 24.3 Å². The first-order valence-electron chi connectivity index (χ1n) is 6.63. The number of benzene rings is 2. The molecule has 2 N–H and O–H groups in total. The van der Waals surface area contributed by atoms with Crippen LogP contribution in [0.3, 0.4) is 0 Å². The third-order valence-corrected chi connectivity index (χ3v) is 3.15. The summed E-state index contributed by atoms with van der Waals surface area (Å²) in [7, 11) is 0. The molecule has 0 saturated heterocycles. The van der Waals surface area contributed by atoms with Crippen molar-refractivity contribution in [3.63, 3.8) is 0 Å². The molecule has 0 unspecified atom stereocenters. The Labute approximate surface area is 116 Å². The Hall–Kier alpha value is -2.36. The molecule has 0 spiro atoms. The molecule has 0 radical (unpaired) electrons. The fourth-order valence-corrected chi connectivity index (χ4v) is 2.30. The van der Waals surface area contributed by atoms with E-state index in [1.165, 1.54) is 0 Å². The highest BCUT2D eigenvalue weighted by atomic mass is 16.1. The van der Waals surface area contributed by atoms with Gasteiger partial charge in [0.25, 0.3) is 5.56 Å². The molecule has 4 heteroatoms. The zero-order chi connectivity index (χ0) is 14.3. The predicted molar refractivity (Wildman–Crippen MR) is 83.2 cm³/mol. The molecule has 0 aliphatic rings. The number of nitrogens with zero attached hydrogens (tertiary/aromatic N) is 1. The second-order valence-corrected chi connectivity index (χ2v) is 6.02. The average Bonchev–Trinajstić information content (AvgIpc) is 2.39. The van der Waals surface area contributed by atoms with Crippen LogP contribution < -0.4 is 10.9 Å². The van der Waals surface area contributed by atoms with Gasteiger partial charge in [0.05, 0.1) is 5.39 Å². The molecule has 3 rings (SSSR count). The van der Waals surface area contributed by atoms with Crippen LogP contribution in [0.4, 0.5) is 5.82 Å². The normalized spacial score (nSPS) is 11.9. The average molecular weight is 267 g/mol. The van der Waals surface area contributed by atoms with Gasteiger partial charge in [-0.25, -0.2) is 5.10 Å². The summed E-state index contributed by atoms with van der Waals surface area (Å²) in [6, 6.07) is 11.9. The van der Waals surface area contributed by atoms with Crippen LogP contribution in [0, 0.1) is 0 Å². The van der Waals surface area contributed by atoms with Gasteiger partial charge >= 0.3 is 0 Å². The van der Waals surface area contributed by atoms with E-state index in [1.54, 1.807) is 0 Å². The van der Waals surface area contributed by atoms with Crippen LogP contribution in [0.2, 0.25) is 0 Å². The minimum Gasteiger partial charge on any atom is -0.364 e. The van der Waals surface area contributed by atoms with Crippen LogP contribution in [0.25, 0.3) is 21.5 Å². The molecule has 3 aromatic rings. The number of rotatable bonds is 1. The van der Waals surface area contributed by atoms with E-state index in [0.29, 0.717) is 11.2 Å². The standard InChI is InChI=1S/C16H17N3O/c1-16(2,3)17-14-12-8-10-6-4-5-7-11(10)9-13(12)15(20)19-18-14/h4-9H,1-3H3,(H,17,18)(H,19,20). The van der Waals surface area contributed by atoms with Gasteiger partial charge in [0.15, 0.2) is 5.82 Å². The van der Waals surface area contributed by atoms with Gasteiger partial charge in [-0.2, -0.15) is 5.10 Å². The molecule has 4 nitrogen and oxygen atoms in total. The summed E-state index contributed by atoms with van der Waals surface area (Å²) in [5.74, 6) is 0.706. The Balaban J connectivity index is 2.35. The zero-order valence-corrected chi connectivity index (χ0v) is 11.8. The Morgan fingerprint density at radius 3 is 2.25 bits per heavy atom. The summed E-state index contributed by atoms with van der Waals surface area (Å²) in [5, 5.41) is 13.7. The van der Waals surface area contributed by atoms with E-state index < -0.39 is 0 Å². The van der Waals surface area contributed by atoms with Crippen molar-refractivity contribution in [1.29, 1.82) is 0 Å². The van der Waals surface area contributed by atoms with Crippen molar-refractivity contribution in [1.82, 2.24) is 10.2 Å². The van der Waals surface area contributed by atoms with Gasteiger partial charge in [0.1, 0.15) is 0 Å². The van der Waals surface area contributed by atoms with Crippen LogP contribution >= 0.6 is 0 Å². The minimum atomic E-state index is -0.162. The third kappa shape index (κ3) is 2.25. The van der Waals surface area contributed by atoms with E-state index in [0.717, 1.165) is 16.2 Å². The second kappa shape index (κ2) is 4.34. The number of hydrogen-bond donors (Lipinski definition) is 2. The number of hydrogen-bond acceptors (Lipinski definition) is 3. The van der Waals surface area contributed by atoms with Crippen LogP contribution in [0.15, 0.2) is 41.2 Å². The maximum absolute atomic E-state index is 12.0. The molecule has 20 heavy (non-hydrogen) atoms. The predicted octanol–water partition coefficient (Wildman–Crippen LogP) is 3.29. The van der Waals surface area contributed by atoms with Crippen molar-refractivity contribution in [2.45, 2.75) is 26.3 Å². The van der Waals surface area contributed by atoms with Crippen LogP contribution in [0.5, 0.6) is 0 Å². The Kier molecular flexibility index (Phi) is 2.74. The summed E-state index contributed by atoms with van der Waals surface area (Å²) < 4.78 is 0. The summed E-state index contributed by atoms with van der Waals surface area (Å²) >= 11 is 0. The van der Waals surface area contributed by atoms with Gasteiger partial charge < -0.3 is 5.32 Å². The molecule has 0 atom stereocenters. The number of aromatic amines is 1. The van der Waals surface area contributed by atoms with Crippen LogP contribution in [0.1, 0.15) is 20.8 Å². The summed E-state index contributed by atoms with van der Waals surface area (Å²) in [5.41, 5.74) is -0.283. The number of H-pyrrole nitrogens is 1. The number of fused-ring (bicyclic) bond motifs is 2. The van der Waals surface area contributed by atoms with Crippen LogP contribution in [-0.4, -0.2) is 15.7 Å². The monoisotopic (exact) mass is 267 g/mol. The van der Waals surface area contributed by atoms with Crippen molar-refractivity contribution >= 4 is 27.4 Å². The van der Waals surface area contributed by atoms with Crippen molar-refractivity contribution < 1.29 is 0 Å². The number of anilines is 1. The van der Waals surface area contributed by atoms with Gasteiger partial charge in [-0.3, -0.25) is 4.79 Å². The van der Waals surface area contributed by atoms with Gasteiger partial charge in [0.2, 0.25) is 0 Å². The van der Waals surface area contributed by atoms with Crippen LogP contribution in [-0.2, 0) is 0 Å². The van der Waals surface area contributed by atoms with Crippen molar-refractivity contribution in [2.75, 3.05) is 5.32 Å². The highest BCUT2D eigenvalue weighted by Crippen LogP contribution is 2.26. The Morgan fingerprint density at radius 2 is 1.65 bits per heavy atom. The van der Waals surface area contributed by atoms with Gasteiger partial charge in [-0.05, 0) is 43.7 Å². The first-order valence-corrected chi connectivity index (χ1v) is 6.63. The highest BCUT2D eigenvalue weighted by molar-refractivity contribution is 6.02. The number of aromatic nitrogens is 2. The molecule has 2 aromatic carbocycles. The molecule has 0 aliphatic carbocycles. The lowest BCUT2D eigenvalue weighted by Crippen LogP contribution is -2.27. The van der Waals surface area contributed by atoms with E-state index in [4.69, 9.17) is 0 Å². The quantitative estimate of drug-likeness (QED) is 0.665. The Bertz CT molecular complexity index is 844.